The summed E-state index contributed by atoms with van der Waals surface area (Å²) in [5.74, 6) is 1.20. The monoisotopic (exact) mass is 537 g/mol. The van der Waals surface area contributed by atoms with Gasteiger partial charge >= 0.3 is 0 Å². The zero-order chi connectivity index (χ0) is 25.3. The lowest BCUT2D eigenvalue weighted by atomic mass is 10.2. The maximum atomic E-state index is 12.4. The lowest BCUT2D eigenvalue weighted by molar-refractivity contribution is -0.118. The van der Waals surface area contributed by atoms with Gasteiger partial charge in [0.05, 0.1) is 12.9 Å². The molecule has 10 heteroatoms. The van der Waals surface area contributed by atoms with Gasteiger partial charge in [-0.05, 0) is 66.7 Å². The minimum Gasteiger partial charge on any atom is -0.496 e. The van der Waals surface area contributed by atoms with Crippen molar-refractivity contribution >= 4 is 53.2 Å². The SMILES string of the molecule is COc1ccccc1C=CC=NNC(=O)CSc1nnc(-c2ccc(Cl)cc2)n1-c1ccc(Cl)cc1. The number of amides is 1. The van der Waals surface area contributed by atoms with E-state index < -0.39 is 0 Å². The van der Waals surface area contributed by atoms with Gasteiger partial charge < -0.3 is 4.74 Å². The number of aromatic nitrogens is 3. The van der Waals surface area contributed by atoms with Gasteiger partial charge in [-0.2, -0.15) is 5.10 Å². The second-order valence-corrected chi connectivity index (χ2v) is 9.14. The molecule has 0 fully saturated rings. The number of benzene rings is 3. The molecule has 7 nitrogen and oxygen atoms in total. The van der Waals surface area contributed by atoms with Crippen LogP contribution in [0.15, 0.2) is 89.1 Å². The lowest BCUT2D eigenvalue weighted by Gasteiger charge is -2.10. The molecule has 36 heavy (non-hydrogen) atoms. The number of hydrogen-bond donors (Lipinski definition) is 1. The van der Waals surface area contributed by atoms with E-state index in [9.17, 15) is 4.79 Å². The van der Waals surface area contributed by atoms with Crippen LogP contribution >= 0.6 is 35.0 Å². The Morgan fingerprint density at radius 3 is 2.44 bits per heavy atom. The van der Waals surface area contributed by atoms with E-state index in [2.05, 4.69) is 20.7 Å². The molecule has 182 valence electrons. The zero-order valence-corrected chi connectivity index (χ0v) is 21.5. The zero-order valence-electron chi connectivity index (χ0n) is 19.1. The summed E-state index contributed by atoms with van der Waals surface area (Å²) in [6.45, 7) is 0. The van der Waals surface area contributed by atoms with Crippen LogP contribution in [-0.4, -0.2) is 39.7 Å². The highest BCUT2D eigenvalue weighted by molar-refractivity contribution is 7.99. The van der Waals surface area contributed by atoms with E-state index in [1.807, 2.05) is 59.2 Å². The van der Waals surface area contributed by atoms with E-state index in [-0.39, 0.29) is 11.7 Å². The first-order valence-corrected chi connectivity index (χ1v) is 12.5. The van der Waals surface area contributed by atoms with Gasteiger partial charge in [0.1, 0.15) is 5.75 Å². The Morgan fingerprint density at radius 1 is 1.03 bits per heavy atom. The normalized spacial score (nSPS) is 11.3. The Labute approximate surface area is 222 Å². The first-order valence-electron chi connectivity index (χ1n) is 10.8. The molecule has 0 saturated heterocycles. The molecule has 4 rings (SSSR count). The van der Waals surface area contributed by atoms with E-state index in [0.717, 1.165) is 22.6 Å². The second-order valence-electron chi connectivity index (χ2n) is 7.33. The Bertz CT molecular complexity index is 1390. The smallest absolute Gasteiger partial charge is 0.250 e. The highest BCUT2D eigenvalue weighted by Crippen LogP contribution is 2.29. The van der Waals surface area contributed by atoms with Crippen molar-refractivity contribution in [3.63, 3.8) is 0 Å². The standard InChI is InChI=1S/C26H21Cl2N5O2S/c1-35-23-7-3-2-5-18(23)6-4-16-29-30-24(34)17-36-26-32-31-25(19-8-10-20(27)11-9-19)33(26)22-14-12-21(28)13-15-22/h2-16H,17H2,1H3,(H,30,34). The fraction of sp³-hybridized carbons (Fsp3) is 0.0769. The summed E-state index contributed by atoms with van der Waals surface area (Å²) in [6.07, 6.45) is 5.07. The predicted octanol–water partition coefficient (Wildman–Crippen LogP) is 6.16. The van der Waals surface area contributed by atoms with Crippen LogP contribution in [0.4, 0.5) is 0 Å². The molecule has 1 amide bonds. The molecule has 0 spiro atoms. The molecule has 0 radical (unpaired) electrons. The number of ether oxygens (including phenoxy) is 1. The summed E-state index contributed by atoms with van der Waals surface area (Å²) < 4.78 is 7.18. The van der Waals surface area contributed by atoms with Crippen LogP contribution in [0.25, 0.3) is 23.2 Å². The molecule has 1 heterocycles. The minimum absolute atomic E-state index is 0.0971. The van der Waals surface area contributed by atoms with Crippen LogP contribution in [0, 0.1) is 0 Å². The Balaban J connectivity index is 1.44. The number of methoxy groups -OCH3 is 1. The summed E-state index contributed by atoms with van der Waals surface area (Å²) >= 11 is 13.4. The first-order chi connectivity index (χ1) is 17.5. The number of rotatable bonds is 9. The largest absolute Gasteiger partial charge is 0.496 e. The number of hydrazone groups is 1. The second kappa shape index (κ2) is 12.4. The molecule has 0 atom stereocenters. The summed E-state index contributed by atoms with van der Waals surface area (Å²) in [6, 6.07) is 22.2. The number of carbonyl (C=O) groups excluding carboxylic acids is 1. The van der Waals surface area contributed by atoms with Gasteiger partial charge in [-0.15, -0.1) is 10.2 Å². The molecule has 1 N–H and O–H groups in total. The Morgan fingerprint density at radius 2 is 1.72 bits per heavy atom. The molecule has 0 aliphatic heterocycles. The average Bonchev–Trinajstić information content (AvgIpc) is 3.32. The molecular weight excluding hydrogens is 517 g/mol. The molecule has 0 unspecified atom stereocenters. The topological polar surface area (TPSA) is 81.4 Å². The van der Waals surface area contributed by atoms with Crippen LogP contribution in [0.3, 0.4) is 0 Å². The maximum absolute atomic E-state index is 12.4. The molecule has 0 aliphatic carbocycles. The molecule has 1 aromatic heterocycles. The Hall–Kier alpha value is -3.59. The first kappa shape index (κ1) is 25.5. The van der Waals surface area contributed by atoms with Crippen molar-refractivity contribution in [1.29, 1.82) is 0 Å². The predicted molar refractivity (Wildman–Crippen MR) is 146 cm³/mol. The van der Waals surface area contributed by atoms with Gasteiger partial charge in [0.25, 0.3) is 5.91 Å². The van der Waals surface area contributed by atoms with E-state index in [4.69, 9.17) is 27.9 Å². The van der Waals surface area contributed by atoms with Gasteiger partial charge in [0.15, 0.2) is 11.0 Å². The van der Waals surface area contributed by atoms with Crippen LogP contribution in [-0.2, 0) is 4.79 Å². The summed E-state index contributed by atoms with van der Waals surface area (Å²) in [5.41, 5.74) is 5.08. The number of nitrogens with one attached hydrogen (secondary N) is 1. The van der Waals surface area contributed by atoms with Gasteiger partial charge in [0, 0.05) is 33.1 Å². The van der Waals surface area contributed by atoms with E-state index in [0.29, 0.717) is 21.0 Å². The quantitative estimate of drug-likeness (QED) is 0.157. The number of allylic oxidation sites excluding steroid dienone is 1. The third kappa shape index (κ3) is 6.54. The van der Waals surface area contributed by atoms with Crippen LogP contribution in [0.1, 0.15) is 5.56 Å². The molecule has 0 saturated carbocycles. The van der Waals surface area contributed by atoms with Crippen molar-refractivity contribution in [3.05, 3.63) is 94.5 Å². The number of thioether (sulfide) groups is 1. The van der Waals surface area contributed by atoms with Gasteiger partial charge in [-0.3, -0.25) is 9.36 Å². The van der Waals surface area contributed by atoms with Crippen LogP contribution in [0.5, 0.6) is 5.75 Å². The number of para-hydroxylation sites is 1. The van der Waals surface area contributed by atoms with Gasteiger partial charge in [0.2, 0.25) is 0 Å². The third-order valence-electron chi connectivity index (χ3n) is 4.92. The average molecular weight is 538 g/mol. The molecule has 4 aromatic rings. The summed E-state index contributed by atoms with van der Waals surface area (Å²) in [4.78, 5) is 12.4. The van der Waals surface area contributed by atoms with Crippen molar-refractivity contribution in [2.45, 2.75) is 5.16 Å². The van der Waals surface area contributed by atoms with E-state index in [1.54, 1.807) is 37.5 Å². The van der Waals surface area contributed by atoms with E-state index >= 15 is 0 Å². The van der Waals surface area contributed by atoms with Gasteiger partial charge in [-0.1, -0.05) is 53.2 Å². The fourth-order valence-corrected chi connectivity index (χ4v) is 4.23. The Kier molecular flexibility index (Phi) is 8.78. The number of carbonyl (C=O) groups is 1. The maximum Gasteiger partial charge on any atom is 0.250 e. The van der Waals surface area contributed by atoms with Crippen molar-refractivity contribution in [3.8, 4) is 22.8 Å². The lowest BCUT2D eigenvalue weighted by Crippen LogP contribution is -2.19. The number of hydrogen-bond acceptors (Lipinski definition) is 6. The number of nitrogens with zero attached hydrogens (tertiary/aromatic N) is 4. The van der Waals surface area contributed by atoms with Crippen LogP contribution < -0.4 is 10.2 Å². The fourth-order valence-electron chi connectivity index (χ4n) is 3.24. The van der Waals surface area contributed by atoms with Crippen molar-refractivity contribution in [2.24, 2.45) is 5.10 Å². The van der Waals surface area contributed by atoms with Gasteiger partial charge in [-0.25, -0.2) is 5.43 Å². The summed E-state index contributed by atoms with van der Waals surface area (Å²) in [5, 5.41) is 14.4. The molecule has 0 aliphatic rings. The third-order valence-corrected chi connectivity index (χ3v) is 6.35. The number of halogens is 2. The molecular formula is C26H21Cl2N5O2S. The van der Waals surface area contributed by atoms with Crippen molar-refractivity contribution < 1.29 is 9.53 Å². The molecule has 3 aromatic carbocycles. The highest BCUT2D eigenvalue weighted by atomic mass is 35.5. The molecule has 0 bridgehead atoms. The van der Waals surface area contributed by atoms with E-state index in [1.165, 1.54) is 18.0 Å². The van der Waals surface area contributed by atoms with Crippen molar-refractivity contribution in [1.82, 2.24) is 20.2 Å². The van der Waals surface area contributed by atoms with Crippen molar-refractivity contribution in [2.75, 3.05) is 12.9 Å². The minimum atomic E-state index is -0.277. The van der Waals surface area contributed by atoms with Crippen LogP contribution in [0.2, 0.25) is 10.0 Å². The highest BCUT2D eigenvalue weighted by Gasteiger charge is 2.17. The summed E-state index contributed by atoms with van der Waals surface area (Å²) in [7, 11) is 1.62.